The van der Waals surface area contributed by atoms with Gasteiger partial charge in [-0.1, -0.05) is 90.1 Å². The molecule has 6 nitrogen and oxygen atoms in total. The van der Waals surface area contributed by atoms with Crippen LogP contribution in [0.15, 0.2) is 101 Å². The number of para-hydroxylation sites is 1. The lowest BCUT2D eigenvalue weighted by Crippen LogP contribution is -2.27. The molecule has 3 aromatic carbocycles. The summed E-state index contributed by atoms with van der Waals surface area (Å²) in [6.07, 6.45) is 2.16. The van der Waals surface area contributed by atoms with Crippen LogP contribution in [0.5, 0.6) is 0 Å². The molecule has 190 valence electrons. The van der Waals surface area contributed by atoms with E-state index in [1.54, 1.807) is 6.92 Å². The van der Waals surface area contributed by atoms with Gasteiger partial charge in [0.15, 0.2) is 5.78 Å². The maximum absolute atomic E-state index is 13.0. The Morgan fingerprint density at radius 3 is 2.55 bits per heavy atom. The number of allylic oxidation sites excluding steroid dienone is 2. The molecule has 1 aliphatic heterocycles. The van der Waals surface area contributed by atoms with E-state index in [4.69, 9.17) is 21.7 Å². The van der Waals surface area contributed by atoms with Gasteiger partial charge in [0.05, 0.1) is 0 Å². The molecule has 1 N–H and O–H groups in total. The van der Waals surface area contributed by atoms with Gasteiger partial charge < -0.3 is 9.88 Å². The molecular weight excluding hydrogens is 514 g/mol. The largest absolute Gasteiger partial charge is 0.343 e. The van der Waals surface area contributed by atoms with E-state index in [1.165, 1.54) is 17.3 Å². The van der Waals surface area contributed by atoms with Crippen molar-refractivity contribution in [2.75, 3.05) is 5.32 Å². The van der Waals surface area contributed by atoms with E-state index in [2.05, 4.69) is 52.5 Å². The van der Waals surface area contributed by atoms with Crippen LogP contribution in [0.4, 0.5) is 5.95 Å². The van der Waals surface area contributed by atoms with Crippen molar-refractivity contribution in [1.29, 1.82) is 0 Å². The zero-order chi connectivity index (χ0) is 26.2. The number of benzene rings is 3. The van der Waals surface area contributed by atoms with E-state index >= 15 is 0 Å². The van der Waals surface area contributed by atoms with E-state index in [-0.39, 0.29) is 5.78 Å². The summed E-state index contributed by atoms with van der Waals surface area (Å²) in [4.78, 5) is 17.8. The third kappa shape index (κ3) is 4.52. The van der Waals surface area contributed by atoms with E-state index in [0.717, 1.165) is 39.3 Å². The minimum atomic E-state index is -0.396. The Labute approximate surface area is 230 Å². The fourth-order valence-corrected chi connectivity index (χ4v) is 6.21. The third-order valence-corrected chi connectivity index (χ3v) is 8.09. The number of carbonyl (C=O) groups excluding carboxylic acids is 1. The Balaban J connectivity index is 1.43. The van der Waals surface area contributed by atoms with Gasteiger partial charge in [-0.25, -0.2) is 4.68 Å². The second-order valence-corrected chi connectivity index (χ2v) is 10.7. The minimum absolute atomic E-state index is 0.00584. The maximum Gasteiger partial charge on any atom is 0.227 e. The van der Waals surface area contributed by atoms with E-state index in [9.17, 15) is 4.79 Å². The molecule has 0 saturated carbocycles. The minimum Gasteiger partial charge on any atom is -0.343 e. The van der Waals surface area contributed by atoms with Gasteiger partial charge in [-0.05, 0) is 37.1 Å². The second-order valence-electron chi connectivity index (χ2n) is 9.38. The van der Waals surface area contributed by atoms with Gasteiger partial charge in [-0.2, -0.15) is 4.98 Å². The van der Waals surface area contributed by atoms with Crippen molar-refractivity contribution in [1.82, 2.24) is 19.3 Å². The molecule has 1 unspecified atom stereocenters. The van der Waals surface area contributed by atoms with Crippen molar-refractivity contribution in [3.8, 4) is 0 Å². The van der Waals surface area contributed by atoms with Gasteiger partial charge in [0.25, 0.3) is 0 Å². The first-order valence-electron chi connectivity index (χ1n) is 12.4. The van der Waals surface area contributed by atoms with Gasteiger partial charge >= 0.3 is 0 Å². The number of thioether (sulfide) groups is 1. The van der Waals surface area contributed by atoms with Gasteiger partial charge in [0, 0.05) is 51.3 Å². The van der Waals surface area contributed by atoms with Crippen molar-refractivity contribution in [2.45, 2.75) is 37.3 Å². The highest BCUT2D eigenvalue weighted by atomic mass is 35.5. The molecule has 2 aromatic heterocycles. The Morgan fingerprint density at radius 1 is 1.03 bits per heavy atom. The number of hydrogen-bond acceptors (Lipinski definition) is 5. The predicted molar refractivity (Wildman–Crippen MR) is 154 cm³/mol. The fourth-order valence-electron chi connectivity index (χ4n) is 5.10. The number of carbonyl (C=O) groups is 1. The first kappa shape index (κ1) is 24.5. The Kier molecular flexibility index (Phi) is 6.55. The van der Waals surface area contributed by atoms with Crippen molar-refractivity contribution in [2.24, 2.45) is 0 Å². The van der Waals surface area contributed by atoms with E-state index in [0.29, 0.717) is 22.4 Å². The molecule has 3 heterocycles. The van der Waals surface area contributed by atoms with Crippen LogP contribution in [0.3, 0.4) is 0 Å². The number of aromatic nitrogens is 4. The molecule has 1 aliphatic rings. The summed E-state index contributed by atoms with van der Waals surface area (Å²) in [7, 11) is 0. The summed E-state index contributed by atoms with van der Waals surface area (Å²) in [6.45, 7) is 4.28. The lowest BCUT2D eigenvalue weighted by Gasteiger charge is -2.27. The number of Topliss-reactive ketones (excluding diaryl/α,β-unsaturated/α-hetero) is 1. The maximum atomic E-state index is 13.0. The first-order valence-corrected chi connectivity index (χ1v) is 13.8. The van der Waals surface area contributed by atoms with E-state index in [1.807, 2.05) is 54.1 Å². The monoisotopic (exact) mass is 539 g/mol. The van der Waals surface area contributed by atoms with E-state index < -0.39 is 6.04 Å². The van der Waals surface area contributed by atoms with Crippen LogP contribution in [0.1, 0.15) is 36.6 Å². The number of halogens is 1. The van der Waals surface area contributed by atoms with Gasteiger partial charge in [0.2, 0.25) is 11.1 Å². The summed E-state index contributed by atoms with van der Waals surface area (Å²) >= 11 is 7.89. The predicted octanol–water partition coefficient (Wildman–Crippen LogP) is 7.10. The molecule has 1 atom stereocenters. The molecule has 0 radical (unpaired) electrons. The molecule has 6 rings (SSSR count). The summed E-state index contributed by atoms with van der Waals surface area (Å²) in [5.74, 6) is 1.28. The van der Waals surface area contributed by atoms with Crippen molar-refractivity contribution in [3.05, 3.63) is 118 Å². The van der Waals surface area contributed by atoms with Gasteiger partial charge in [0.1, 0.15) is 6.04 Å². The average Bonchev–Trinajstić information content (AvgIpc) is 3.49. The Bertz CT molecular complexity index is 1690. The lowest BCUT2D eigenvalue weighted by molar-refractivity contribution is -0.114. The molecule has 38 heavy (non-hydrogen) atoms. The third-order valence-electron chi connectivity index (χ3n) is 6.84. The topological polar surface area (TPSA) is 64.7 Å². The Hall–Kier alpha value is -3.81. The van der Waals surface area contributed by atoms with Crippen molar-refractivity contribution >= 4 is 46.0 Å². The molecule has 5 aromatic rings. The molecule has 0 spiro atoms. The molecule has 0 aliphatic carbocycles. The highest BCUT2D eigenvalue weighted by molar-refractivity contribution is 7.98. The average molecular weight is 540 g/mol. The number of hydrogen-bond donors (Lipinski definition) is 1. The second kappa shape index (κ2) is 10.2. The zero-order valence-corrected chi connectivity index (χ0v) is 22.6. The molecule has 0 amide bonds. The highest BCUT2D eigenvalue weighted by Crippen LogP contribution is 2.40. The quantitative estimate of drug-likeness (QED) is 0.223. The van der Waals surface area contributed by atoms with Crippen LogP contribution in [0.25, 0.3) is 10.9 Å². The van der Waals surface area contributed by atoms with Crippen molar-refractivity contribution < 1.29 is 4.79 Å². The van der Waals surface area contributed by atoms with Crippen molar-refractivity contribution in [3.63, 3.8) is 0 Å². The van der Waals surface area contributed by atoms with Crippen LogP contribution < -0.4 is 5.32 Å². The first-order chi connectivity index (χ1) is 18.5. The number of rotatable bonds is 7. The van der Waals surface area contributed by atoms with Gasteiger partial charge in [-0.3, -0.25) is 4.79 Å². The number of nitrogens with zero attached hydrogens (tertiary/aromatic N) is 4. The van der Waals surface area contributed by atoms with Crippen LogP contribution in [-0.4, -0.2) is 25.1 Å². The molecule has 0 fully saturated rings. The Morgan fingerprint density at radius 2 is 1.76 bits per heavy atom. The number of fused-ring (bicyclic) bond motifs is 2. The molecule has 0 bridgehead atoms. The summed E-state index contributed by atoms with van der Waals surface area (Å²) in [5.41, 5.74) is 5.86. The number of anilines is 1. The summed E-state index contributed by atoms with van der Waals surface area (Å²) < 4.78 is 4.10. The summed E-state index contributed by atoms with van der Waals surface area (Å²) in [6, 6.07) is 26.1. The van der Waals surface area contributed by atoms with Crippen LogP contribution in [0.2, 0.25) is 5.02 Å². The smallest absolute Gasteiger partial charge is 0.227 e. The molecule has 0 saturated heterocycles. The van der Waals surface area contributed by atoms with Gasteiger partial charge in [-0.15, -0.1) is 5.10 Å². The van der Waals surface area contributed by atoms with Crippen LogP contribution in [-0.2, 0) is 17.1 Å². The molecule has 8 heteroatoms. The lowest BCUT2D eigenvalue weighted by atomic mass is 9.93. The normalized spacial score (nSPS) is 15.0. The van der Waals surface area contributed by atoms with Crippen LogP contribution in [0, 0.1) is 0 Å². The number of ketones is 1. The fraction of sp³-hybridized carbons (Fsp3) is 0.167. The SMILES string of the molecule is CC(=O)C1=C(C)Nc2nc(SCc3ccccc3Cl)nn2C1c1cn(Cc2ccccc2)c2ccccc12. The standard InChI is InChI=1S/C30H26ClN5OS/c1-19-27(20(2)37)28(36-29(32-19)33-30(34-36)38-18-22-12-6-8-14-25(22)31)24-17-35(16-21-10-4-3-5-11-21)26-15-9-7-13-23(24)26/h3-15,17,28H,16,18H2,1-2H3,(H,32,33,34). The van der Waals surface area contributed by atoms with Crippen LogP contribution >= 0.6 is 23.4 Å². The summed E-state index contributed by atoms with van der Waals surface area (Å²) in [5, 5.41) is 10.6. The number of nitrogens with one attached hydrogen (secondary N) is 1. The highest BCUT2D eigenvalue weighted by Gasteiger charge is 2.34. The molecular formula is C30H26ClN5OS. The zero-order valence-electron chi connectivity index (χ0n) is 21.1.